The van der Waals surface area contributed by atoms with Crippen LogP contribution in [0.1, 0.15) is 31.9 Å². The van der Waals surface area contributed by atoms with Crippen LogP contribution in [0.15, 0.2) is 42.6 Å². The molecule has 124 valence electrons. The van der Waals surface area contributed by atoms with Gasteiger partial charge in [0, 0.05) is 17.2 Å². The fourth-order valence-corrected chi connectivity index (χ4v) is 2.59. The van der Waals surface area contributed by atoms with E-state index in [1.165, 1.54) is 0 Å². The second-order valence-corrected chi connectivity index (χ2v) is 7.26. The summed E-state index contributed by atoms with van der Waals surface area (Å²) in [5.41, 5.74) is 4.42. The van der Waals surface area contributed by atoms with Gasteiger partial charge >= 0.3 is 0 Å². The molecular weight excluding hydrogens is 298 g/mol. The molecule has 4 heteroatoms. The molecule has 0 spiro atoms. The lowest BCUT2D eigenvalue weighted by atomic mass is 9.95. The Bertz CT molecular complexity index is 916. The van der Waals surface area contributed by atoms with Crippen LogP contribution in [0, 0.1) is 19.3 Å². The smallest absolute Gasteiger partial charge is 0.230 e. The SMILES string of the molecule is Cc1ccc2nc(-c3ccccc3C)c(NC(=O)C(C)(C)C)n2c1. The number of anilines is 1. The number of carbonyl (C=O) groups excluding carboxylic acids is 1. The third-order valence-corrected chi connectivity index (χ3v) is 4.08. The first-order valence-corrected chi connectivity index (χ1v) is 8.13. The highest BCUT2D eigenvalue weighted by atomic mass is 16.2. The van der Waals surface area contributed by atoms with Gasteiger partial charge in [-0.05, 0) is 31.0 Å². The summed E-state index contributed by atoms with van der Waals surface area (Å²) < 4.78 is 1.96. The highest BCUT2D eigenvalue weighted by molar-refractivity contribution is 5.97. The maximum Gasteiger partial charge on any atom is 0.230 e. The first kappa shape index (κ1) is 16.2. The molecule has 1 N–H and O–H groups in total. The largest absolute Gasteiger partial charge is 0.309 e. The molecule has 0 aliphatic rings. The van der Waals surface area contributed by atoms with Gasteiger partial charge < -0.3 is 5.32 Å². The molecule has 0 saturated heterocycles. The lowest BCUT2D eigenvalue weighted by Crippen LogP contribution is -2.28. The minimum Gasteiger partial charge on any atom is -0.309 e. The Morgan fingerprint density at radius 2 is 1.79 bits per heavy atom. The van der Waals surface area contributed by atoms with Gasteiger partial charge in [0.05, 0.1) is 0 Å². The zero-order valence-corrected chi connectivity index (χ0v) is 14.8. The van der Waals surface area contributed by atoms with Crippen LogP contribution in [0.3, 0.4) is 0 Å². The second-order valence-electron chi connectivity index (χ2n) is 7.26. The Morgan fingerprint density at radius 3 is 2.46 bits per heavy atom. The number of pyridine rings is 1. The fraction of sp³-hybridized carbons (Fsp3) is 0.300. The Morgan fingerprint density at radius 1 is 1.08 bits per heavy atom. The molecule has 24 heavy (non-hydrogen) atoms. The van der Waals surface area contributed by atoms with Crippen LogP contribution in [-0.2, 0) is 4.79 Å². The van der Waals surface area contributed by atoms with Crippen molar-refractivity contribution in [1.29, 1.82) is 0 Å². The van der Waals surface area contributed by atoms with Crippen molar-refractivity contribution in [3.8, 4) is 11.3 Å². The number of aromatic nitrogens is 2. The van der Waals surface area contributed by atoms with Crippen molar-refractivity contribution in [3.63, 3.8) is 0 Å². The fourth-order valence-electron chi connectivity index (χ4n) is 2.59. The minimum atomic E-state index is -0.475. The Hall–Kier alpha value is -2.62. The third-order valence-electron chi connectivity index (χ3n) is 4.08. The van der Waals surface area contributed by atoms with Crippen LogP contribution in [0.5, 0.6) is 0 Å². The number of amides is 1. The third kappa shape index (κ3) is 2.92. The van der Waals surface area contributed by atoms with Gasteiger partial charge in [0.25, 0.3) is 0 Å². The van der Waals surface area contributed by atoms with Crippen LogP contribution in [0.2, 0.25) is 0 Å². The number of rotatable bonds is 2. The zero-order valence-electron chi connectivity index (χ0n) is 14.8. The van der Waals surface area contributed by atoms with Gasteiger partial charge in [-0.25, -0.2) is 4.98 Å². The van der Waals surface area contributed by atoms with Crippen LogP contribution in [-0.4, -0.2) is 15.3 Å². The number of imidazole rings is 1. The molecule has 0 fully saturated rings. The average Bonchev–Trinajstić information content (AvgIpc) is 2.85. The number of aryl methyl sites for hydroxylation is 2. The maximum atomic E-state index is 12.6. The number of hydrogen-bond acceptors (Lipinski definition) is 2. The number of hydrogen-bond donors (Lipinski definition) is 1. The molecule has 3 aromatic rings. The average molecular weight is 321 g/mol. The van der Waals surface area contributed by atoms with Crippen molar-refractivity contribution in [3.05, 3.63) is 53.7 Å². The molecule has 0 atom stereocenters. The molecule has 4 nitrogen and oxygen atoms in total. The van der Waals surface area contributed by atoms with Gasteiger partial charge in [0.15, 0.2) is 0 Å². The molecule has 2 aromatic heterocycles. The molecule has 0 radical (unpaired) electrons. The maximum absolute atomic E-state index is 12.6. The lowest BCUT2D eigenvalue weighted by Gasteiger charge is -2.18. The number of nitrogens with one attached hydrogen (secondary N) is 1. The van der Waals surface area contributed by atoms with Gasteiger partial charge in [-0.15, -0.1) is 0 Å². The first-order valence-electron chi connectivity index (χ1n) is 8.13. The van der Waals surface area contributed by atoms with Crippen LogP contribution in [0.25, 0.3) is 16.9 Å². The summed E-state index contributed by atoms with van der Waals surface area (Å²) in [6.45, 7) is 9.81. The molecule has 1 aromatic carbocycles. The number of benzene rings is 1. The van der Waals surface area contributed by atoms with Crippen molar-refractivity contribution in [1.82, 2.24) is 9.38 Å². The monoisotopic (exact) mass is 321 g/mol. The minimum absolute atomic E-state index is 0.0272. The molecular formula is C20H23N3O. The Balaban J connectivity index is 2.23. The molecule has 0 aliphatic carbocycles. The molecule has 0 aliphatic heterocycles. The molecule has 2 heterocycles. The van der Waals surface area contributed by atoms with E-state index >= 15 is 0 Å². The summed E-state index contributed by atoms with van der Waals surface area (Å²) >= 11 is 0. The van der Waals surface area contributed by atoms with E-state index in [0.717, 1.165) is 33.8 Å². The Labute approximate surface area is 142 Å². The van der Waals surface area contributed by atoms with E-state index in [9.17, 15) is 4.79 Å². The van der Waals surface area contributed by atoms with Crippen LogP contribution < -0.4 is 5.32 Å². The van der Waals surface area contributed by atoms with E-state index in [-0.39, 0.29) is 5.91 Å². The molecule has 0 saturated carbocycles. The standard InChI is InChI=1S/C20H23N3O/c1-13-10-11-16-21-17(15-9-7-6-8-14(15)2)18(23(16)12-13)22-19(24)20(3,4)5/h6-12H,1-5H3,(H,22,24). The Kier molecular flexibility index (Phi) is 3.91. The predicted octanol–water partition coefficient (Wildman–Crippen LogP) is 4.60. The van der Waals surface area contributed by atoms with E-state index < -0.39 is 5.41 Å². The topological polar surface area (TPSA) is 46.4 Å². The van der Waals surface area contributed by atoms with Crippen molar-refractivity contribution in [2.45, 2.75) is 34.6 Å². The molecule has 0 unspecified atom stereocenters. The number of fused-ring (bicyclic) bond motifs is 1. The van der Waals surface area contributed by atoms with Gasteiger partial charge in [-0.1, -0.05) is 51.1 Å². The molecule has 3 rings (SSSR count). The summed E-state index contributed by atoms with van der Waals surface area (Å²) in [5.74, 6) is 0.698. The summed E-state index contributed by atoms with van der Waals surface area (Å²) in [4.78, 5) is 17.3. The van der Waals surface area contributed by atoms with E-state index in [1.807, 2.05) is 68.6 Å². The van der Waals surface area contributed by atoms with Crippen molar-refractivity contribution < 1.29 is 4.79 Å². The van der Waals surface area contributed by atoms with E-state index in [1.54, 1.807) is 0 Å². The number of nitrogens with zero attached hydrogens (tertiary/aromatic N) is 2. The summed E-state index contributed by atoms with van der Waals surface area (Å²) in [6, 6.07) is 12.1. The van der Waals surface area contributed by atoms with Gasteiger partial charge in [-0.3, -0.25) is 9.20 Å². The van der Waals surface area contributed by atoms with Crippen molar-refractivity contribution in [2.75, 3.05) is 5.32 Å². The van der Waals surface area contributed by atoms with Crippen LogP contribution >= 0.6 is 0 Å². The van der Waals surface area contributed by atoms with E-state index in [2.05, 4.69) is 18.3 Å². The number of carbonyl (C=O) groups is 1. The van der Waals surface area contributed by atoms with Gasteiger partial charge in [0.1, 0.15) is 17.2 Å². The second kappa shape index (κ2) is 5.78. The first-order chi connectivity index (χ1) is 11.3. The summed E-state index contributed by atoms with van der Waals surface area (Å²) in [6.07, 6.45) is 2.00. The van der Waals surface area contributed by atoms with E-state index in [4.69, 9.17) is 4.98 Å². The molecule has 0 bridgehead atoms. The van der Waals surface area contributed by atoms with Gasteiger partial charge in [0.2, 0.25) is 5.91 Å². The normalized spacial score (nSPS) is 11.7. The van der Waals surface area contributed by atoms with Crippen molar-refractivity contribution >= 4 is 17.4 Å². The van der Waals surface area contributed by atoms with Crippen molar-refractivity contribution in [2.24, 2.45) is 5.41 Å². The summed E-state index contributed by atoms with van der Waals surface area (Å²) in [5, 5.41) is 3.09. The summed E-state index contributed by atoms with van der Waals surface area (Å²) in [7, 11) is 0. The lowest BCUT2D eigenvalue weighted by molar-refractivity contribution is -0.123. The highest BCUT2D eigenvalue weighted by Gasteiger charge is 2.25. The quantitative estimate of drug-likeness (QED) is 0.749. The highest BCUT2D eigenvalue weighted by Crippen LogP contribution is 2.32. The van der Waals surface area contributed by atoms with E-state index in [0.29, 0.717) is 0 Å². The zero-order chi connectivity index (χ0) is 17.5. The molecule has 1 amide bonds. The van der Waals surface area contributed by atoms with Gasteiger partial charge in [-0.2, -0.15) is 0 Å². The predicted molar refractivity (Wildman–Crippen MR) is 98.2 cm³/mol. The van der Waals surface area contributed by atoms with Crippen LogP contribution in [0.4, 0.5) is 5.82 Å².